The largest absolute Gasteiger partial charge is 0.494 e. The summed E-state index contributed by atoms with van der Waals surface area (Å²) in [6.45, 7) is 3.34. The highest BCUT2D eigenvalue weighted by atomic mass is 35.5. The van der Waals surface area contributed by atoms with Gasteiger partial charge in [-0.3, -0.25) is 9.29 Å². The highest BCUT2D eigenvalue weighted by Crippen LogP contribution is 2.40. The van der Waals surface area contributed by atoms with Gasteiger partial charge in [0, 0.05) is 19.5 Å². The predicted molar refractivity (Wildman–Crippen MR) is 141 cm³/mol. The number of hydrogen-bond donors (Lipinski definition) is 1. The van der Waals surface area contributed by atoms with E-state index in [0.29, 0.717) is 32.2 Å². The SMILES string of the molecule is COc1cccc(OC)c1-n1c(NS(=O)(=O)C(C)C(OC)c2ncc(C)cn2)nnc1-c1ccc(Cl)s1. The van der Waals surface area contributed by atoms with E-state index in [1.165, 1.54) is 44.2 Å². The summed E-state index contributed by atoms with van der Waals surface area (Å²) in [7, 11) is 0.307. The van der Waals surface area contributed by atoms with Gasteiger partial charge >= 0.3 is 0 Å². The van der Waals surface area contributed by atoms with Crippen LogP contribution in [0.25, 0.3) is 16.4 Å². The molecule has 0 amide bonds. The molecule has 4 aromatic rings. The number of nitrogens with one attached hydrogen (secondary N) is 1. The number of ether oxygens (including phenoxy) is 3. The van der Waals surface area contributed by atoms with Gasteiger partial charge in [-0.25, -0.2) is 18.4 Å². The number of aromatic nitrogens is 5. The van der Waals surface area contributed by atoms with E-state index >= 15 is 0 Å². The van der Waals surface area contributed by atoms with E-state index in [9.17, 15) is 8.42 Å². The smallest absolute Gasteiger partial charge is 0.243 e. The quantitative estimate of drug-likeness (QED) is 0.300. The molecule has 0 radical (unpaired) electrons. The van der Waals surface area contributed by atoms with E-state index in [4.69, 9.17) is 25.8 Å². The molecule has 1 N–H and O–H groups in total. The Morgan fingerprint density at radius 2 is 1.68 bits per heavy atom. The number of methoxy groups -OCH3 is 3. The highest BCUT2D eigenvalue weighted by Gasteiger charge is 2.35. The summed E-state index contributed by atoms with van der Waals surface area (Å²) in [6.07, 6.45) is 2.26. The van der Waals surface area contributed by atoms with Crippen LogP contribution in [-0.2, 0) is 14.8 Å². The van der Waals surface area contributed by atoms with E-state index in [0.717, 1.165) is 5.56 Å². The van der Waals surface area contributed by atoms with Crippen molar-refractivity contribution < 1.29 is 22.6 Å². The number of hydrogen-bond acceptors (Lipinski definition) is 10. The maximum atomic E-state index is 13.6. The molecule has 0 spiro atoms. The Morgan fingerprint density at radius 3 is 2.22 bits per heavy atom. The van der Waals surface area contributed by atoms with E-state index < -0.39 is 21.4 Å². The zero-order chi connectivity index (χ0) is 26.7. The number of rotatable bonds is 10. The monoisotopic (exact) mass is 564 g/mol. The first kappa shape index (κ1) is 26.8. The zero-order valence-electron chi connectivity index (χ0n) is 20.7. The van der Waals surface area contributed by atoms with Crippen molar-refractivity contribution in [1.29, 1.82) is 0 Å². The lowest BCUT2D eigenvalue weighted by Crippen LogP contribution is -2.33. The molecule has 0 saturated carbocycles. The van der Waals surface area contributed by atoms with Gasteiger partial charge in [0.15, 0.2) is 11.6 Å². The lowest BCUT2D eigenvalue weighted by atomic mass is 10.2. The molecule has 2 unspecified atom stereocenters. The third-order valence-electron chi connectivity index (χ3n) is 5.54. The van der Waals surface area contributed by atoms with E-state index in [1.54, 1.807) is 42.7 Å². The Kier molecular flexibility index (Phi) is 7.97. The van der Waals surface area contributed by atoms with Crippen LogP contribution in [0.3, 0.4) is 0 Å². The van der Waals surface area contributed by atoms with Crippen LogP contribution in [0, 0.1) is 6.92 Å². The van der Waals surface area contributed by atoms with Crippen LogP contribution in [-0.4, -0.2) is 59.7 Å². The van der Waals surface area contributed by atoms with Gasteiger partial charge in [-0.2, -0.15) is 0 Å². The summed E-state index contributed by atoms with van der Waals surface area (Å²) in [6, 6.07) is 8.69. The van der Waals surface area contributed by atoms with Gasteiger partial charge in [0.1, 0.15) is 28.5 Å². The van der Waals surface area contributed by atoms with Crippen molar-refractivity contribution in [1.82, 2.24) is 24.7 Å². The van der Waals surface area contributed by atoms with Gasteiger partial charge in [-0.1, -0.05) is 17.7 Å². The molecule has 0 saturated heterocycles. The fraction of sp³-hybridized carbons (Fsp3) is 0.304. The normalized spacial score (nSPS) is 13.2. The van der Waals surface area contributed by atoms with Crippen LogP contribution in [0.4, 0.5) is 5.95 Å². The topological polar surface area (TPSA) is 130 Å². The average molecular weight is 565 g/mol. The Bertz CT molecular complexity index is 1470. The Morgan fingerprint density at radius 1 is 1.03 bits per heavy atom. The van der Waals surface area contributed by atoms with Crippen LogP contribution in [0.15, 0.2) is 42.7 Å². The molecule has 0 aliphatic rings. The minimum Gasteiger partial charge on any atom is -0.494 e. The third-order valence-corrected chi connectivity index (χ3v) is 8.46. The second-order valence-electron chi connectivity index (χ2n) is 7.92. The number of sulfonamides is 1. The van der Waals surface area contributed by atoms with Crippen molar-refractivity contribution in [3.05, 3.63) is 58.4 Å². The van der Waals surface area contributed by atoms with Gasteiger partial charge in [0.05, 0.1) is 23.4 Å². The second-order valence-corrected chi connectivity index (χ2v) is 11.7. The summed E-state index contributed by atoms with van der Waals surface area (Å²) in [5.41, 5.74) is 1.25. The van der Waals surface area contributed by atoms with Crippen LogP contribution < -0.4 is 14.2 Å². The van der Waals surface area contributed by atoms with Crippen LogP contribution in [0.2, 0.25) is 4.34 Å². The van der Waals surface area contributed by atoms with Crippen molar-refractivity contribution in [3.8, 4) is 27.9 Å². The molecule has 0 bridgehead atoms. The first-order valence-corrected chi connectivity index (χ1v) is 13.7. The maximum absolute atomic E-state index is 13.6. The van der Waals surface area contributed by atoms with Gasteiger partial charge in [-0.15, -0.1) is 21.5 Å². The minimum absolute atomic E-state index is 0.0751. The molecular formula is C23H25ClN6O5S2. The first-order valence-electron chi connectivity index (χ1n) is 11.0. The summed E-state index contributed by atoms with van der Waals surface area (Å²) < 4.78 is 48.4. The molecule has 0 aliphatic carbocycles. The van der Waals surface area contributed by atoms with E-state index in [-0.39, 0.29) is 11.8 Å². The van der Waals surface area contributed by atoms with E-state index in [1.807, 2.05) is 6.92 Å². The summed E-state index contributed by atoms with van der Waals surface area (Å²) in [5.74, 6) is 1.34. The number of aryl methyl sites for hydroxylation is 1. The summed E-state index contributed by atoms with van der Waals surface area (Å²) in [4.78, 5) is 9.14. The molecule has 1 aromatic carbocycles. The molecule has 0 fully saturated rings. The molecule has 37 heavy (non-hydrogen) atoms. The van der Waals surface area contributed by atoms with E-state index in [2.05, 4.69) is 24.9 Å². The number of para-hydroxylation sites is 1. The molecule has 3 heterocycles. The fourth-order valence-electron chi connectivity index (χ4n) is 3.65. The van der Waals surface area contributed by atoms with Crippen molar-refractivity contribution in [2.24, 2.45) is 0 Å². The van der Waals surface area contributed by atoms with Crippen molar-refractivity contribution in [3.63, 3.8) is 0 Å². The van der Waals surface area contributed by atoms with Crippen molar-refractivity contribution in [2.45, 2.75) is 25.2 Å². The van der Waals surface area contributed by atoms with Crippen LogP contribution >= 0.6 is 22.9 Å². The molecule has 4 rings (SSSR count). The number of anilines is 1. The molecule has 196 valence electrons. The van der Waals surface area contributed by atoms with Crippen LogP contribution in [0.1, 0.15) is 24.4 Å². The number of thiophene rings is 1. The van der Waals surface area contributed by atoms with Gasteiger partial charge < -0.3 is 14.2 Å². The molecular weight excluding hydrogens is 540 g/mol. The zero-order valence-corrected chi connectivity index (χ0v) is 23.1. The summed E-state index contributed by atoms with van der Waals surface area (Å²) >= 11 is 7.44. The van der Waals surface area contributed by atoms with Crippen LogP contribution in [0.5, 0.6) is 11.5 Å². The lowest BCUT2D eigenvalue weighted by Gasteiger charge is -2.22. The number of nitrogens with zero attached hydrogens (tertiary/aromatic N) is 5. The Labute approximate surface area is 223 Å². The maximum Gasteiger partial charge on any atom is 0.243 e. The molecule has 11 nitrogen and oxygen atoms in total. The second kappa shape index (κ2) is 11.0. The first-order chi connectivity index (χ1) is 17.7. The van der Waals surface area contributed by atoms with Gasteiger partial charge in [0.2, 0.25) is 16.0 Å². The molecule has 2 atom stereocenters. The number of halogens is 1. The summed E-state index contributed by atoms with van der Waals surface area (Å²) in [5, 5.41) is 7.35. The Hall–Kier alpha value is -3.26. The predicted octanol–water partition coefficient (Wildman–Crippen LogP) is 4.28. The third kappa shape index (κ3) is 5.39. The molecule has 3 aromatic heterocycles. The van der Waals surface area contributed by atoms with Gasteiger partial charge in [0.25, 0.3) is 0 Å². The lowest BCUT2D eigenvalue weighted by molar-refractivity contribution is 0.0949. The number of benzene rings is 1. The van der Waals surface area contributed by atoms with Gasteiger partial charge in [-0.05, 0) is 43.7 Å². The minimum atomic E-state index is -4.10. The Balaban J connectivity index is 1.82. The van der Waals surface area contributed by atoms with Crippen molar-refractivity contribution >= 4 is 38.9 Å². The fourth-order valence-corrected chi connectivity index (χ4v) is 5.80. The molecule has 14 heteroatoms. The highest BCUT2D eigenvalue weighted by molar-refractivity contribution is 7.93. The van der Waals surface area contributed by atoms with Crippen molar-refractivity contribution in [2.75, 3.05) is 26.1 Å². The average Bonchev–Trinajstić information content (AvgIpc) is 3.50. The molecule has 0 aliphatic heterocycles. The standard InChI is InChI=1S/C23H25ClN6O5S2/c1-13-11-25-21(26-12-13)20(35-5)14(2)37(31,32)29-23-28-27-22(17-9-10-18(24)36-17)30(23)19-15(33-3)7-6-8-16(19)34-4/h6-12,14,20H,1-5H3,(H,28,29).